The van der Waals surface area contributed by atoms with E-state index in [0.717, 1.165) is 27.3 Å². The van der Waals surface area contributed by atoms with Crippen molar-refractivity contribution in [1.29, 1.82) is 0 Å². The lowest BCUT2D eigenvalue weighted by Gasteiger charge is -2.09. The summed E-state index contributed by atoms with van der Waals surface area (Å²) < 4.78 is 7.38. The molecule has 3 aromatic carbocycles. The van der Waals surface area contributed by atoms with Gasteiger partial charge in [-0.25, -0.2) is 10.4 Å². The van der Waals surface area contributed by atoms with Gasteiger partial charge in [0, 0.05) is 10.6 Å². The Morgan fingerprint density at radius 2 is 1.88 bits per heavy atom. The van der Waals surface area contributed by atoms with E-state index in [2.05, 4.69) is 15.1 Å². The Kier molecular flexibility index (Phi) is 7.09. The van der Waals surface area contributed by atoms with Crippen molar-refractivity contribution < 1.29 is 9.53 Å². The Morgan fingerprint density at radius 1 is 1.12 bits per heavy atom. The van der Waals surface area contributed by atoms with E-state index in [9.17, 15) is 4.79 Å². The number of methoxy groups -OCH3 is 1. The van der Waals surface area contributed by atoms with E-state index < -0.39 is 0 Å². The highest BCUT2D eigenvalue weighted by atomic mass is 35.5. The standard InChI is InChI=1S/C24H21ClN4O2S/c1-31-22-9-5-2-6-18(22)14-26-28-23(30)16-32-24-27-20-7-3-4-8-21(20)29(24)15-17-10-12-19(25)13-11-17/h2-14H,15-16H2,1H3,(H,28,30). The van der Waals surface area contributed by atoms with Crippen LogP contribution in [0, 0.1) is 0 Å². The second-order valence-corrected chi connectivity index (χ2v) is 8.30. The molecule has 1 amide bonds. The Hall–Kier alpha value is -3.29. The maximum atomic E-state index is 12.4. The zero-order chi connectivity index (χ0) is 22.3. The van der Waals surface area contributed by atoms with Crippen molar-refractivity contribution in [3.05, 3.63) is 88.9 Å². The number of hydrogen-bond donors (Lipinski definition) is 1. The van der Waals surface area contributed by atoms with Crippen molar-refractivity contribution in [3.63, 3.8) is 0 Å². The number of hydrazone groups is 1. The predicted molar refractivity (Wildman–Crippen MR) is 130 cm³/mol. The van der Waals surface area contributed by atoms with Gasteiger partial charge in [0.2, 0.25) is 0 Å². The maximum absolute atomic E-state index is 12.4. The third-order valence-electron chi connectivity index (χ3n) is 4.74. The van der Waals surface area contributed by atoms with Gasteiger partial charge in [0.15, 0.2) is 5.16 Å². The number of nitrogens with zero attached hydrogens (tertiary/aromatic N) is 3. The van der Waals surface area contributed by atoms with E-state index in [1.165, 1.54) is 11.8 Å². The summed E-state index contributed by atoms with van der Waals surface area (Å²) in [6.45, 7) is 0.633. The van der Waals surface area contributed by atoms with Crippen molar-refractivity contribution in [3.8, 4) is 5.75 Å². The molecule has 0 aliphatic rings. The van der Waals surface area contributed by atoms with Crippen LogP contribution in [0.3, 0.4) is 0 Å². The summed E-state index contributed by atoms with van der Waals surface area (Å²) >= 11 is 7.39. The van der Waals surface area contributed by atoms with Crippen molar-refractivity contribution in [1.82, 2.24) is 15.0 Å². The lowest BCUT2D eigenvalue weighted by atomic mass is 10.2. The number of thioether (sulfide) groups is 1. The van der Waals surface area contributed by atoms with E-state index in [1.807, 2.05) is 72.8 Å². The van der Waals surface area contributed by atoms with Crippen molar-refractivity contribution >= 4 is 46.5 Å². The number of imidazole rings is 1. The number of para-hydroxylation sites is 3. The highest BCUT2D eigenvalue weighted by Gasteiger charge is 2.13. The Morgan fingerprint density at radius 3 is 2.69 bits per heavy atom. The molecule has 32 heavy (non-hydrogen) atoms. The van der Waals surface area contributed by atoms with E-state index in [4.69, 9.17) is 21.3 Å². The lowest BCUT2D eigenvalue weighted by molar-refractivity contribution is -0.118. The number of carbonyl (C=O) groups is 1. The molecule has 0 aliphatic carbocycles. The number of carbonyl (C=O) groups excluding carboxylic acids is 1. The molecule has 0 fully saturated rings. The van der Waals surface area contributed by atoms with Gasteiger partial charge < -0.3 is 9.30 Å². The monoisotopic (exact) mass is 464 g/mol. The molecule has 0 radical (unpaired) electrons. The first-order valence-electron chi connectivity index (χ1n) is 9.91. The molecule has 0 saturated heterocycles. The van der Waals surface area contributed by atoms with E-state index in [1.54, 1.807) is 13.3 Å². The number of aromatic nitrogens is 2. The summed E-state index contributed by atoms with van der Waals surface area (Å²) in [5, 5.41) is 5.51. The summed E-state index contributed by atoms with van der Waals surface area (Å²) in [6.07, 6.45) is 1.57. The third-order valence-corrected chi connectivity index (χ3v) is 5.97. The Labute approximate surface area is 195 Å². The minimum absolute atomic E-state index is 0.188. The van der Waals surface area contributed by atoms with Gasteiger partial charge in [-0.2, -0.15) is 5.10 Å². The molecule has 1 heterocycles. The molecule has 0 aliphatic heterocycles. The van der Waals surface area contributed by atoms with Crippen LogP contribution in [0.15, 0.2) is 83.1 Å². The summed E-state index contributed by atoms with van der Waals surface area (Å²) in [6, 6.07) is 23.1. The fourth-order valence-electron chi connectivity index (χ4n) is 3.20. The largest absolute Gasteiger partial charge is 0.496 e. The second-order valence-electron chi connectivity index (χ2n) is 6.92. The summed E-state index contributed by atoms with van der Waals surface area (Å²) in [5.41, 5.74) is 6.35. The predicted octanol–water partition coefficient (Wildman–Crippen LogP) is 4.99. The normalized spacial score (nSPS) is 11.2. The van der Waals surface area contributed by atoms with Gasteiger partial charge in [-0.1, -0.05) is 59.8 Å². The molecule has 0 spiro atoms. The highest BCUT2D eigenvalue weighted by molar-refractivity contribution is 7.99. The van der Waals surface area contributed by atoms with Gasteiger partial charge in [0.1, 0.15) is 5.75 Å². The second kappa shape index (κ2) is 10.3. The van der Waals surface area contributed by atoms with Crippen LogP contribution in [0.2, 0.25) is 5.02 Å². The van der Waals surface area contributed by atoms with Gasteiger partial charge in [-0.15, -0.1) is 0 Å². The number of nitrogens with one attached hydrogen (secondary N) is 1. The van der Waals surface area contributed by atoms with Gasteiger partial charge >= 0.3 is 0 Å². The average Bonchev–Trinajstić information content (AvgIpc) is 3.17. The zero-order valence-corrected chi connectivity index (χ0v) is 18.9. The molecule has 0 unspecified atom stereocenters. The van der Waals surface area contributed by atoms with Gasteiger partial charge in [-0.05, 0) is 42.0 Å². The zero-order valence-electron chi connectivity index (χ0n) is 17.4. The molecular weight excluding hydrogens is 444 g/mol. The minimum Gasteiger partial charge on any atom is -0.496 e. The molecular formula is C24H21ClN4O2S. The number of benzene rings is 3. The van der Waals surface area contributed by atoms with Crippen molar-refractivity contribution in [2.45, 2.75) is 11.7 Å². The first-order chi connectivity index (χ1) is 15.6. The molecule has 4 aromatic rings. The van der Waals surface area contributed by atoms with Crippen LogP contribution < -0.4 is 10.2 Å². The van der Waals surface area contributed by atoms with Crippen molar-refractivity contribution in [2.75, 3.05) is 12.9 Å². The van der Waals surface area contributed by atoms with Crippen LogP contribution >= 0.6 is 23.4 Å². The first-order valence-corrected chi connectivity index (χ1v) is 11.3. The smallest absolute Gasteiger partial charge is 0.250 e. The topological polar surface area (TPSA) is 68.5 Å². The summed E-state index contributed by atoms with van der Waals surface area (Å²) in [5.74, 6) is 0.662. The van der Waals surface area contributed by atoms with E-state index in [-0.39, 0.29) is 11.7 Å². The summed E-state index contributed by atoms with van der Waals surface area (Å²) in [7, 11) is 1.60. The third kappa shape index (κ3) is 5.30. The van der Waals surface area contributed by atoms with Crippen LogP contribution in [0.5, 0.6) is 5.75 Å². The van der Waals surface area contributed by atoms with Crippen LogP contribution in [0.25, 0.3) is 11.0 Å². The maximum Gasteiger partial charge on any atom is 0.250 e. The Balaban J connectivity index is 1.45. The molecule has 1 aromatic heterocycles. The SMILES string of the molecule is COc1ccccc1C=NNC(=O)CSc1nc2ccccc2n1Cc1ccc(Cl)cc1. The van der Waals surface area contributed by atoms with Gasteiger partial charge in [0.05, 0.1) is 36.7 Å². The fourth-order valence-corrected chi connectivity index (χ4v) is 4.13. The average molecular weight is 465 g/mol. The molecule has 0 atom stereocenters. The molecule has 0 bridgehead atoms. The molecule has 6 nitrogen and oxygen atoms in total. The van der Waals surface area contributed by atoms with Gasteiger partial charge in [0.25, 0.3) is 5.91 Å². The molecule has 4 rings (SSSR count). The molecule has 0 saturated carbocycles. The van der Waals surface area contributed by atoms with Crippen LogP contribution in [0.4, 0.5) is 0 Å². The lowest BCUT2D eigenvalue weighted by Crippen LogP contribution is -2.20. The van der Waals surface area contributed by atoms with Crippen LogP contribution in [0.1, 0.15) is 11.1 Å². The van der Waals surface area contributed by atoms with E-state index in [0.29, 0.717) is 17.3 Å². The van der Waals surface area contributed by atoms with Crippen LogP contribution in [-0.4, -0.2) is 34.5 Å². The first kappa shape index (κ1) is 21.9. The number of amides is 1. The van der Waals surface area contributed by atoms with Crippen LogP contribution in [-0.2, 0) is 11.3 Å². The highest BCUT2D eigenvalue weighted by Crippen LogP contribution is 2.25. The van der Waals surface area contributed by atoms with Crippen molar-refractivity contribution in [2.24, 2.45) is 5.10 Å². The number of ether oxygens (including phenoxy) is 1. The quantitative estimate of drug-likeness (QED) is 0.226. The molecule has 1 N–H and O–H groups in total. The summed E-state index contributed by atoms with van der Waals surface area (Å²) in [4.78, 5) is 17.1. The Bertz CT molecular complexity index is 1250. The molecule has 8 heteroatoms. The number of rotatable bonds is 8. The van der Waals surface area contributed by atoms with Gasteiger partial charge in [-0.3, -0.25) is 4.79 Å². The number of hydrogen-bond acceptors (Lipinski definition) is 5. The van der Waals surface area contributed by atoms with E-state index >= 15 is 0 Å². The molecule has 162 valence electrons. The number of fused-ring (bicyclic) bond motifs is 1. The fraction of sp³-hybridized carbons (Fsp3) is 0.125. The minimum atomic E-state index is -0.216. The number of halogens is 1.